The third-order valence-corrected chi connectivity index (χ3v) is 2.54. The zero-order chi connectivity index (χ0) is 8.10. The largest absolute Gasteiger partial charge is 0.393 e. The first-order chi connectivity index (χ1) is 5.34. The maximum Gasteiger partial charge on any atom is 0.0569 e. The van der Waals surface area contributed by atoms with E-state index in [1.165, 1.54) is 19.3 Å². The van der Waals surface area contributed by atoms with Crippen LogP contribution in [0.4, 0.5) is 0 Å². The zero-order valence-electron chi connectivity index (χ0n) is 7.25. The Bertz CT molecular complexity index is 99.7. The molecule has 1 aliphatic rings. The lowest BCUT2D eigenvalue weighted by Crippen LogP contribution is -2.26. The van der Waals surface area contributed by atoms with Gasteiger partial charge in [0, 0.05) is 13.7 Å². The number of aliphatic hydroxyl groups is 1. The van der Waals surface area contributed by atoms with Crippen LogP contribution in [0.5, 0.6) is 0 Å². The van der Waals surface area contributed by atoms with Crippen LogP contribution in [0.2, 0.25) is 0 Å². The first-order valence-corrected chi connectivity index (χ1v) is 4.51. The molecule has 1 saturated carbocycles. The molecule has 11 heavy (non-hydrogen) atoms. The molecule has 1 aliphatic carbocycles. The molecule has 0 saturated heterocycles. The van der Waals surface area contributed by atoms with Crippen LogP contribution in [0, 0.1) is 5.92 Å². The van der Waals surface area contributed by atoms with Crippen LogP contribution in [0.3, 0.4) is 0 Å². The average molecular weight is 158 g/mol. The molecule has 0 radical (unpaired) electrons. The molecule has 1 rings (SSSR count). The van der Waals surface area contributed by atoms with Crippen molar-refractivity contribution in [3.8, 4) is 0 Å². The lowest BCUT2D eigenvalue weighted by atomic mass is 9.80. The fourth-order valence-electron chi connectivity index (χ4n) is 1.50. The minimum atomic E-state index is -0.0566. The molecule has 0 amide bonds. The molecule has 1 fully saturated rings. The van der Waals surface area contributed by atoms with E-state index in [4.69, 9.17) is 4.74 Å². The Balaban J connectivity index is 1.96. The summed E-state index contributed by atoms with van der Waals surface area (Å²) < 4.78 is 4.91. The van der Waals surface area contributed by atoms with E-state index in [9.17, 15) is 5.11 Å². The van der Waals surface area contributed by atoms with Gasteiger partial charge < -0.3 is 9.84 Å². The molecule has 0 aliphatic heterocycles. The SMILES string of the molecule is COCCCC(O)C1CCC1. The molecule has 2 nitrogen and oxygen atoms in total. The topological polar surface area (TPSA) is 29.5 Å². The van der Waals surface area contributed by atoms with E-state index < -0.39 is 0 Å². The fourth-order valence-corrected chi connectivity index (χ4v) is 1.50. The highest BCUT2D eigenvalue weighted by Crippen LogP contribution is 2.31. The summed E-state index contributed by atoms with van der Waals surface area (Å²) >= 11 is 0. The lowest BCUT2D eigenvalue weighted by Gasteiger charge is -2.30. The Kier molecular flexibility index (Phi) is 3.87. The number of hydrogen-bond donors (Lipinski definition) is 1. The van der Waals surface area contributed by atoms with Crippen molar-refractivity contribution >= 4 is 0 Å². The van der Waals surface area contributed by atoms with Crippen LogP contribution in [-0.2, 0) is 4.74 Å². The maximum atomic E-state index is 9.54. The van der Waals surface area contributed by atoms with E-state index in [0.29, 0.717) is 5.92 Å². The highest BCUT2D eigenvalue weighted by molar-refractivity contribution is 4.76. The van der Waals surface area contributed by atoms with Crippen LogP contribution in [-0.4, -0.2) is 24.9 Å². The van der Waals surface area contributed by atoms with E-state index in [-0.39, 0.29) is 6.10 Å². The van der Waals surface area contributed by atoms with Crippen molar-refractivity contribution in [1.29, 1.82) is 0 Å². The van der Waals surface area contributed by atoms with Crippen molar-refractivity contribution in [2.75, 3.05) is 13.7 Å². The summed E-state index contributed by atoms with van der Waals surface area (Å²) in [7, 11) is 1.70. The van der Waals surface area contributed by atoms with Gasteiger partial charge in [0.2, 0.25) is 0 Å². The third kappa shape index (κ3) is 2.80. The second-order valence-corrected chi connectivity index (χ2v) is 3.39. The van der Waals surface area contributed by atoms with E-state index in [1.807, 2.05) is 0 Å². The summed E-state index contributed by atoms with van der Waals surface area (Å²) in [4.78, 5) is 0. The van der Waals surface area contributed by atoms with E-state index in [1.54, 1.807) is 7.11 Å². The summed E-state index contributed by atoms with van der Waals surface area (Å²) in [5.74, 6) is 0.604. The number of methoxy groups -OCH3 is 1. The van der Waals surface area contributed by atoms with Gasteiger partial charge in [-0.2, -0.15) is 0 Å². The Morgan fingerprint density at radius 1 is 1.55 bits per heavy atom. The van der Waals surface area contributed by atoms with Gasteiger partial charge in [-0.15, -0.1) is 0 Å². The zero-order valence-corrected chi connectivity index (χ0v) is 7.25. The minimum absolute atomic E-state index is 0.0566. The molecule has 66 valence electrons. The Hall–Kier alpha value is -0.0800. The minimum Gasteiger partial charge on any atom is -0.393 e. The van der Waals surface area contributed by atoms with Crippen molar-refractivity contribution in [1.82, 2.24) is 0 Å². The van der Waals surface area contributed by atoms with Crippen LogP contribution in [0.1, 0.15) is 32.1 Å². The van der Waals surface area contributed by atoms with Crippen molar-refractivity contribution < 1.29 is 9.84 Å². The molecule has 0 aromatic rings. The molecule has 0 heterocycles. The summed E-state index contributed by atoms with van der Waals surface area (Å²) in [6.07, 6.45) is 5.62. The Morgan fingerprint density at radius 2 is 2.27 bits per heavy atom. The van der Waals surface area contributed by atoms with E-state index in [2.05, 4.69) is 0 Å². The van der Waals surface area contributed by atoms with Gasteiger partial charge in [-0.05, 0) is 31.6 Å². The molecule has 0 spiro atoms. The average Bonchev–Trinajstić information content (AvgIpc) is 1.84. The second-order valence-electron chi connectivity index (χ2n) is 3.39. The number of rotatable bonds is 5. The van der Waals surface area contributed by atoms with Crippen LogP contribution < -0.4 is 0 Å². The summed E-state index contributed by atoms with van der Waals surface area (Å²) in [6, 6.07) is 0. The predicted molar refractivity (Wildman–Crippen MR) is 44.5 cm³/mol. The Labute approximate surface area is 68.6 Å². The van der Waals surface area contributed by atoms with Gasteiger partial charge in [-0.3, -0.25) is 0 Å². The summed E-state index contributed by atoms with van der Waals surface area (Å²) in [5, 5.41) is 9.54. The fraction of sp³-hybridized carbons (Fsp3) is 1.00. The third-order valence-electron chi connectivity index (χ3n) is 2.54. The monoisotopic (exact) mass is 158 g/mol. The summed E-state index contributed by atoms with van der Waals surface area (Å²) in [6.45, 7) is 0.782. The normalized spacial score (nSPS) is 21.3. The van der Waals surface area contributed by atoms with Crippen molar-refractivity contribution in [3.05, 3.63) is 0 Å². The highest BCUT2D eigenvalue weighted by atomic mass is 16.5. The number of aliphatic hydroxyl groups excluding tert-OH is 1. The molecule has 1 atom stereocenters. The smallest absolute Gasteiger partial charge is 0.0569 e. The van der Waals surface area contributed by atoms with Gasteiger partial charge in [0.05, 0.1) is 6.10 Å². The van der Waals surface area contributed by atoms with Gasteiger partial charge in [0.15, 0.2) is 0 Å². The molecule has 0 bridgehead atoms. The van der Waals surface area contributed by atoms with Gasteiger partial charge >= 0.3 is 0 Å². The molecular formula is C9H18O2. The predicted octanol–water partition coefficient (Wildman–Crippen LogP) is 1.57. The van der Waals surface area contributed by atoms with Crippen molar-refractivity contribution in [3.63, 3.8) is 0 Å². The lowest BCUT2D eigenvalue weighted by molar-refractivity contribution is 0.0475. The van der Waals surface area contributed by atoms with Crippen molar-refractivity contribution in [2.24, 2.45) is 5.92 Å². The van der Waals surface area contributed by atoms with Gasteiger partial charge in [0.1, 0.15) is 0 Å². The van der Waals surface area contributed by atoms with Gasteiger partial charge in [-0.25, -0.2) is 0 Å². The Morgan fingerprint density at radius 3 is 2.73 bits per heavy atom. The maximum absolute atomic E-state index is 9.54. The molecule has 2 heteroatoms. The second kappa shape index (κ2) is 4.73. The quantitative estimate of drug-likeness (QED) is 0.615. The standard InChI is InChI=1S/C9H18O2/c1-11-7-3-6-9(10)8-4-2-5-8/h8-10H,2-7H2,1H3. The summed E-state index contributed by atoms with van der Waals surface area (Å²) in [5.41, 5.74) is 0. The first kappa shape index (κ1) is 9.01. The molecule has 0 aromatic carbocycles. The van der Waals surface area contributed by atoms with Crippen LogP contribution in [0.25, 0.3) is 0 Å². The number of hydrogen-bond acceptors (Lipinski definition) is 2. The van der Waals surface area contributed by atoms with E-state index in [0.717, 1.165) is 19.4 Å². The van der Waals surface area contributed by atoms with Gasteiger partial charge in [-0.1, -0.05) is 6.42 Å². The molecule has 1 N–H and O–H groups in total. The first-order valence-electron chi connectivity index (χ1n) is 4.51. The van der Waals surface area contributed by atoms with Crippen LogP contribution in [0.15, 0.2) is 0 Å². The highest BCUT2D eigenvalue weighted by Gasteiger charge is 2.24. The molecular weight excluding hydrogens is 140 g/mol. The molecule has 0 aromatic heterocycles. The number of ether oxygens (including phenoxy) is 1. The molecule has 1 unspecified atom stereocenters. The van der Waals surface area contributed by atoms with Crippen molar-refractivity contribution in [2.45, 2.75) is 38.2 Å². The van der Waals surface area contributed by atoms with E-state index >= 15 is 0 Å². The van der Waals surface area contributed by atoms with Gasteiger partial charge in [0.25, 0.3) is 0 Å². The van der Waals surface area contributed by atoms with Crippen LogP contribution >= 0.6 is 0 Å².